The molecule has 0 amide bonds. The van der Waals surface area contributed by atoms with Crippen molar-refractivity contribution in [2.75, 3.05) is 6.54 Å². The zero-order valence-electron chi connectivity index (χ0n) is 18.7. The normalized spacial score (nSPS) is 42.3. The lowest BCUT2D eigenvalue weighted by Gasteiger charge is -2.57. The van der Waals surface area contributed by atoms with Crippen molar-refractivity contribution in [1.29, 1.82) is 0 Å². The summed E-state index contributed by atoms with van der Waals surface area (Å²) in [7, 11) is -4.02. The van der Waals surface area contributed by atoms with E-state index in [1.165, 1.54) is 44.2 Å². The molecule has 1 aromatic rings. The molecule has 1 aliphatic heterocycles. The molecule has 1 heterocycles. The van der Waals surface area contributed by atoms with Crippen LogP contribution in [0.2, 0.25) is 0 Å². The van der Waals surface area contributed by atoms with Gasteiger partial charge in [0.1, 0.15) is 0 Å². The SMILES string of the molecule is Cc1ccc(S(=O)(=O)O)cc1.NCC1CCC2(CC1)OOC1(O2)C2CC3CC(C2)CC1C3. The van der Waals surface area contributed by atoms with Gasteiger partial charge in [-0.25, -0.2) is 0 Å². The molecule has 5 saturated carbocycles. The number of nitrogens with two attached hydrogens (primary N) is 1. The van der Waals surface area contributed by atoms with E-state index in [0.717, 1.165) is 49.6 Å². The zero-order chi connectivity index (χ0) is 22.6. The first kappa shape index (κ1) is 22.7. The van der Waals surface area contributed by atoms with Gasteiger partial charge in [-0.3, -0.25) is 4.55 Å². The van der Waals surface area contributed by atoms with Crippen LogP contribution in [0.4, 0.5) is 0 Å². The van der Waals surface area contributed by atoms with Gasteiger partial charge in [-0.1, -0.05) is 17.7 Å². The smallest absolute Gasteiger partial charge is 0.294 e. The van der Waals surface area contributed by atoms with Gasteiger partial charge in [0.05, 0.1) is 4.90 Å². The lowest BCUT2D eigenvalue weighted by Crippen LogP contribution is -2.59. The Kier molecular flexibility index (Phi) is 5.92. The molecule has 6 aliphatic rings. The second-order valence-electron chi connectivity index (χ2n) is 10.7. The van der Waals surface area contributed by atoms with Gasteiger partial charge < -0.3 is 10.5 Å². The third-order valence-corrected chi connectivity index (χ3v) is 9.33. The van der Waals surface area contributed by atoms with Crippen molar-refractivity contribution in [3.63, 3.8) is 0 Å². The first-order chi connectivity index (χ1) is 15.2. The molecule has 7 nitrogen and oxygen atoms in total. The maximum Gasteiger partial charge on any atom is 0.294 e. The number of hydrogen-bond donors (Lipinski definition) is 2. The van der Waals surface area contributed by atoms with Crippen molar-refractivity contribution >= 4 is 10.1 Å². The van der Waals surface area contributed by atoms with E-state index in [1.807, 2.05) is 6.92 Å². The zero-order valence-corrected chi connectivity index (χ0v) is 19.6. The monoisotopic (exact) mass is 465 g/mol. The third-order valence-electron chi connectivity index (χ3n) is 8.46. The third kappa shape index (κ3) is 4.14. The number of benzene rings is 1. The summed E-state index contributed by atoms with van der Waals surface area (Å²) in [6, 6.07) is 5.99. The predicted octanol–water partition coefficient (Wildman–Crippen LogP) is 4.20. The van der Waals surface area contributed by atoms with Crippen LogP contribution >= 0.6 is 0 Å². The summed E-state index contributed by atoms with van der Waals surface area (Å²) >= 11 is 0. The van der Waals surface area contributed by atoms with Gasteiger partial charge in [-0.05, 0) is 88.3 Å². The van der Waals surface area contributed by atoms with E-state index in [4.69, 9.17) is 24.8 Å². The standard InChI is InChI=1S/C17H27NO3.C7H8O3S/c18-10-11-1-3-16(4-2-11)19-17(21-20-16)14-6-12-5-13(8-14)9-15(17)7-12;1-6-2-4-7(5-3-6)11(8,9)10/h11-15H,1-10,18H2;2-5H,1H3,(H,8,9,10). The van der Waals surface area contributed by atoms with E-state index in [2.05, 4.69) is 0 Å². The molecule has 1 aromatic carbocycles. The second kappa shape index (κ2) is 8.32. The fraction of sp³-hybridized carbons (Fsp3) is 0.750. The van der Waals surface area contributed by atoms with Gasteiger partial charge in [-0.2, -0.15) is 18.2 Å². The van der Waals surface area contributed by atoms with Crippen LogP contribution in [0.1, 0.15) is 63.4 Å². The summed E-state index contributed by atoms with van der Waals surface area (Å²) in [5.74, 6) is 2.77. The molecule has 6 fully saturated rings. The maximum absolute atomic E-state index is 10.5. The van der Waals surface area contributed by atoms with E-state index in [-0.39, 0.29) is 4.90 Å². The molecule has 32 heavy (non-hydrogen) atoms. The van der Waals surface area contributed by atoms with Crippen LogP contribution in [0.3, 0.4) is 0 Å². The van der Waals surface area contributed by atoms with E-state index in [1.54, 1.807) is 12.1 Å². The van der Waals surface area contributed by atoms with Gasteiger partial charge in [0.2, 0.25) is 11.6 Å². The van der Waals surface area contributed by atoms with E-state index in [9.17, 15) is 8.42 Å². The van der Waals surface area contributed by atoms with Crippen LogP contribution in [0, 0.1) is 36.5 Å². The Morgan fingerprint density at radius 3 is 2.03 bits per heavy atom. The van der Waals surface area contributed by atoms with Crippen molar-refractivity contribution in [3.05, 3.63) is 29.8 Å². The average molecular weight is 466 g/mol. The Morgan fingerprint density at radius 2 is 1.53 bits per heavy atom. The van der Waals surface area contributed by atoms with Gasteiger partial charge in [0.25, 0.3) is 10.1 Å². The highest BCUT2D eigenvalue weighted by Crippen LogP contribution is 2.63. The van der Waals surface area contributed by atoms with Crippen molar-refractivity contribution in [1.82, 2.24) is 0 Å². The molecule has 7 rings (SSSR count). The number of aryl methyl sites for hydroxylation is 1. The number of ether oxygens (including phenoxy) is 1. The number of hydrogen-bond acceptors (Lipinski definition) is 6. The molecule has 0 aromatic heterocycles. The Labute approximate surface area is 190 Å². The largest absolute Gasteiger partial charge is 0.330 e. The highest BCUT2D eigenvalue weighted by Gasteiger charge is 2.66. The van der Waals surface area contributed by atoms with Crippen molar-refractivity contribution in [3.8, 4) is 0 Å². The van der Waals surface area contributed by atoms with Crippen LogP contribution in [0.15, 0.2) is 29.2 Å². The quantitative estimate of drug-likeness (QED) is 0.498. The first-order valence-corrected chi connectivity index (χ1v) is 13.5. The summed E-state index contributed by atoms with van der Waals surface area (Å²) in [5.41, 5.74) is 6.76. The molecule has 178 valence electrons. The van der Waals surface area contributed by atoms with E-state index in [0.29, 0.717) is 17.8 Å². The Bertz CT molecular complexity index is 894. The van der Waals surface area contributed by atoms with Gasteiger partial charge in [-0.15, -0.1) is 0 Å². The predicted molar refractivity (Wildman–Crippen MR) is 118 cm³/mol. The fourth-order valence-corrected chi connectivity index (χ4v) is 7.34. The van der Waals surface area contributed by atoms with Gasteiger partial charge in [0.15, 0.2) is 0 Å². The summed E-state index contributed by atoms with van der Waals surface area (Å²) in [5, 5.41) is 0. The second-order valence-corrected chi connectivity index (χ2v) is 12.1. The molecule has 2 spiro atoms. The molecule has 0 unspecified atom stereocenters. The van der Waals surface area contributed by atoms with Crippen LogP contribution in [0.5, 0.6) is 0 Å². The lowest BCUT2D eigenvalue weighted by molar-refractivity contribution is -0.390. The van der Waals surface area contributed by atoms with Crippen LogP contribution in [0.25, 0.3) is 0 Å². The maximum atomic E-state index is 10.5. The fourth-order valence-electron chi connectivity index (χ4n) is 6.86. The van der Waals surface area contributed by atoms with Crippen LogP contribution in [-0.4, -0.2) is 31.1 Å². The average Bonchev–Trinajstić information content (AvgIpc) is 3.12. The molecule has 0 radical (unpaired) electrons. The highest BCUT2D eigenvalue weighted by atomic mass is 32.2. The minimum Gasteiger partial charge on any atom is -0.330 e. The van der Waals surface area contributed by atoms with Gasteiger partial charge >= 0.3 is 0 Å². The Morgan fingerprint density at radius 1 is 0.969 bits per heavy atom. The Balaban J connectivity index is 0.000000168. The summed E-state index contributed by atoms with van der Waals surface area (Å²) in [6.45, 7) is 2.63. The van der Waals surface area contributed by atoms with Gasteiger partial charge in [0, 0.05) is 24.7 Å². The van der Waals surface area contributed by atoms with E-state index >= 15 is 0 Å². The van der Waals surface area contributed by atoms with Crippen molar-refractivity contribution < 1.29 is 27.5 Å². The van der Waals surface area contributed by atoms with Crippen molar-refractivity contribution in [2.24, 2.45) is 35.3 Å². The topological polar surface area (TPSA) is 108 Å². The summed E-state index contributed by atoms with van der Waals surface area (Å²) in [4.78, 5) is 11.9. The molecule has 8 heteroatoms. The molecule has 3 N–H and O–H groups in total. The molecule has 1 saturated heterocycles. The van der Waals surface area contributed by atoms with Crippen LogP contribution < -0.4 is 5.73 Å². The molecule has 4 bridgehead atoms. The minimum atomic E-state index is -4.02. The molecular weight excluding hydrogens is 430 g/mol. The first-order valence-electron chi connectivity index (χ1n) is 12.0. The lowest BCUT2D eigenvalue weighted by atomic mass is 9.53. The van der Waals surface area contributed by atoms with Crippen LogP contribution in [-0.2, 0) is 24.6 Å². The molecular formula is C24H35NO6S. The molecule has 5 aliphatic carbocycles. The Hall–Kier alpha value is -1.03. The highest BCUT2D eigenvalue weighted by molar-refractivity contribution is 7.85. The minimum absolute atomic E-state index is 0.0666. The summed E-state index contributed by atoms with van der Waals surface area (Å²) in [6.07, 6.45) is 10.7. The van der Waals surface area contributed by atoms with Crippen molar-refractivity contribution in [2.45, 2.75) is 81.2 Å². The van der Waals surface area contributed by atoms with E-state index < -0.39 is 21.7 Å². The number of rotatable bonds is 2. The molecule has 0 atom stereocenters. The summed E-state index contributed by atoms with van der Waals surface area (Å²) < 4.78 is 36.2.